The molecule has 1 aromatic carbocycles. The van der Waals surface area contributed by atoms with E-state index in [1.165, 1.54) is 0 Å². The molecule has 2 fully saturated rings. The molecule has 0 radical (unpaired) electrons. The summed E-state index contributed by atoms with van der Waals surface area (Å²) in [6.45, 7) is 4.31. The molecule has 0 aliphatic carbocycles. The molecule has 0 atom stereocenters. The van der Waals surface area contributed by atoms with Crippen LogP contribution in [0.2, 0.25) is 0 Å². The molecule has 0 spiro atoms. The molecule has 1 N–H and O–H groups in total. The number of piperidine rings is 1. The van der Waals surface area contributed by atoms with E-state index >= 15 is 0 Å². The van der Waals surface area contributed by atoms with Crippen molar-refractivity contribution in [2.24, 2.45) is 5.92 Å². The van der Waals surface area contributed by atoms with Crippen LogP contribution in [0.5, 0.6) is 5.75 Å². The first-order valence-electron chi connectivity index (χ1n) is 8.03. The first-order chi connectivity index (χ1) is 10.3. The lowest BCUT2D eigenvalue weighted by molar-refractivity contribution is 0.0497. The van der Waals surface area contributed by atoms with Crippen LogP contribution in [0.4, 0.5) is 4.39 Å². The molecule has 2 saturated heterocycles. The highest BCUT2D eigenvalue weighted by atomic mass is 35.5. The highest BCUT2D eigenvalue weighted by Crippen LogP contribution is 2.30. The number of halogens is 2. The summed E-state index contributed by atoms with van der Waals surface area (Å²) in [5.41, 5.74) is 0.820. The zero-order valence-corrected chi connectivity index (χ0v) is 13.7. The lowest BCUT2D eigenvalue weighted by Gasteiger charge is -2.25. The second kappa shape index (κ2) is 8.70. The Morgan fingerprint density at radius 2 is 1.86 bits per heavy atom. The van der Waals surface area contributed by atoms with Crippen LogP contribution in [0.1, 0.15) is 37.2 Å². The van der Waals surface area contributed by atoms with Crippen LogP contribution >= 0.6 is 12.4 Å². The van der Waals surface area contributed by atoms with Crippen molar-refractivity contribution in [3.8, 4) is 5.75 Å². The van der Waals surface area contributed by atoms with Crippen molar-refractivity contribution < 1.29 is 13.9 Å². The number of rotatable bonds is 4. The molecular weight excluding hydrogens is 305 g/mol. The first kappa shape index (κ1) is 17.5. The van der Waals surface area contributed by atoms with Crippen LogP contribution in [0.15, 0.2) is 18.2 Å². The van der Waals surface area contributed by atoms with Gasteiger partial charge in [-0.25, -0.2) is 4.39 Å². The second-order valence-corrected chi connectivity index (χ2v) is 6.07. The predicted molar refractivity (Wildman–Crippen MR) is 87.5 cm³/mol. The van der Waals surface area contributed by atoms with Gasteiger partial charge in [0.25, 0.3) is 0 Å². The monoisotopic (exact) mass is 329 g/mol. The lowest BCUT2D eigenvalue weighted by atomic mass is 9.90. The summed E-state index contributed by atoms with van der Waals surface area (Å²) in [6.07, 6.45) is 4.12. The van der Waals surface area contributed by atoms with Crippen LogP contribution in [-0.2, 0) is 4.74 Å². The summed E-state index contributed by atoms with van der Waals surface area (Å²) in [5, 5.41) is 3.32. The third-order valence-electron chi connectivity index (χ3n) is 4.57. The Balaban J connectivity index is 0.00000176. The van der Waals surface area contributed by atoms with Crippen LogP contribution in [0.25, 0.3) is 0 Å². The number of hydrogen-bond donors (Lipinski definition) is 1. The van der Waals surface area contributed by atoms with Gasteiger partial charge in [-0.15, -0.1) is 12.4 Å². The highest BCUT2D eigenvalue weighted by molar-refractivity contribution is 5.85. The minimum atomic E-state index is -0.0969. The summed E-state index contributed by atoms with van der Waals surface area (Å²) in [6, 6.07) is 5.21. The fraction of sp³-hybridized carbons (Fsp3) is 0.647. The molecule has 3 rings (SSSR count). The minimum Gasteiger partial charge on any atom is -0.493 e. The van der Waals surface area contributed by atoms with E-state index in [-0.39, 0.29) is 18.2 Å². The van der Waals surface area contributed by atoms with Gasteiger partial charge >= 0.3 is 0 Å². The van der Waals surface area contributed by atoms with Crippen LogP contribution in [0, 0.1) is 11.7 Å². The predicted octanol–water partition coefficient (Wildman–Crippen LogP) is 3.52. The van der Waals surface area contributed by atoms with Gasteiger partial charge in [0.2, 0.25) is 0 Å². The van der Waals surface area contributed by atoms with E-state index in [2.05, 4.69) is 5.32 Å². The molecule has 2 heterocycles. The van der Waals surface area contributed by atoms with Gasteiger partial charge in [-0.2, -0.15) is 0 Å². The van der Waals surface area contributed by atoms with Gasteiger partial charge < -0.3 is 14.8 Å². The molecule has 0 amide bonds. The molecule has 22 heavy (non-hydrogen) atoms. The molecule has 0 saturated carbocycles. The minimum absolute atomic E-state index is 0. The quantitative estimate of drug-likeness (QED) is 0.916. The second-order valence-electron chi connectivity index (χ2n) is 6.07. The van der Waals surface area contributed by atoms with Crippen molar-refractivity contribution in [3.05, 3.63) is 29.6 Å². The van der Waals surface area contributed by atoms with E-state index < -0.39 is 0 Å². The van der Waals surface area contributed by atoms with Gasteiger partial charge in [0, 0.05) is 13.2 Å². The summed E-state index contributed by atoms with van der Waals surface area (Å²) in [7, 11) is 0. The van der Waals surface area contributed by atoms with Gasteiger partial charge in [-0.05, 0) is 74.4 Å². The number of hydrogen-bond acceptors (Lipinski definition) is 3. The zero-order chi connectivity index (χ0) is 14.5. The van der Waals surface area contributed by atoms with E-state index in [1.54, 1.807) is 12.1 Å². The Kier molecular flexibility index (Phi) is 6.93. The molecule has 0 aromatic heterocycles. The van der Waals surface area contributed by atoms with E-state index in [4.69, 9.17) is 9.47 Å². The van der Waals surface area contributed by atoms with E-state index in [0.717, 1.165) is 63.3 Å². The Labute approximate surface area is 138 Å². The average molecular weight is 330 g/mol. The maximum Gasteiger partial charge on any atom is 0.126 e. The Morgan fingerprint density at radius 1 is 1.14 bits per heavy atom. The summed E-state index contributed by atoms with van der Waals surface area (Å²) in [4.78, 5) is 0. The average Bonchev–Trinajstić information content (AvgIpc) is 2.56. The van der Waals surface area contributed by atoms with Crippen molar-refractivity contribution >= 4 is 12.4 Å². The maximum atomic E-state index is 14.1. The summed E-state index contributed by atoms with van der Waals surface area (Å²) < 4.78 is 25.3. The highest BCUT2D eigenvalue weighted by Gasteiger charge is 2.20. The molecule has 124 valence electrons. The Morgan fingerprint density at radius 3 is 2.59 bits per heavy atom. The smallest absolute Gasteiger partial charge is 0.126 e. The molecule has 3 nitrogen and oxygen atoms in total. The van der Waals surface area contributed by atoms with Crippen LogP contribution in [0.3, 0.4) is 0 Å². The molecule has 2 aliphatic rings. The lowest BCUT2D eigenvalue weighted by Crippen LogP contribution is -2.27. The van der Waals surface area contributed by atoms with E-state index in [9.17, 15) is 4.39 Å². The number of nitrogens with one attached hydrogen (secondary N) is 1. The van der Waals surface area contributed by atoms with Gasteiger partial charge in [-0.3, -0.25) is 0 Å². The fourth-order valence-electron chi connectivity index (χ4n) is 3.18. The Hall–Kier alpha value is -0.840. The molecule has 5 heteroatoms. The summed E-state index contributed by atoms with van der Waals surface area (Å²) in [5.74, 6) is 1.58. The van der Waals surface area contributed by atoms with Crippen molar-refractivity contribution in [2.45, 2.75) is 31.6 Å². The topological polar surface area (TPSA) is 30.5 Å². The van der Waals surface area contributed by atoms with Crippen molar-refractivity contribution in [1.82, 2.24) is 5.32 Å². The maximum absolute atomic E-state index is 14.1. The Bertz CT molecular complexity index is 460. The van der Waals surface area contributed by atoms with Crippen LogP contribution < -0.4 is 10.1 Å². The van der Waals surface area contributed by atoms with Gasteiger partial charge in [-0.1, -0.05) is 0 Å². The zero-order valence-electron chi connectivity index (χ0n) is 12.9. The SMILES string of the molecule is Cl.Fc1ccc(OCC2CCOCC2)cc1C1CCNCC1. The number of benzene rings is 1. The van der Waals surface area contributed by atoms with Crippen molar-refractivity contribution in [1.29, 1.82) is 0 Å². The van der Waals surface area contributed by atoms with E-state index in [0.29, 0.717) is 18.4 Å². The summed E-state index contributed by atoms with van der Waals surface area (Å²) >= 11 is 0. The fourth-order valence-corrected chi connectivity index (χ4v) is 3.18. The van der Waals surface area contributed by atoms with Crippen LogP contribution in [-0.4, -0.2) is 32.9 Å². The van der Waals surface area contributed by atoms with E-state index in [1.807, 2.05) is 6.07 Å². The molecule has 0 bridgehead atoms. The normalized spacial score (nSPS) is 20.4. The van der Waals surface area contributed by atoms with Gasteiger partial charge in [0.15, 0.2) is 0 Å². The molecule has 2 aliphatic heterocycles. The molecule has 0 unspecified atom stereocenters. The van der Waals surface area contributed by atoms with Crippen molar-refractivity contribution in [3.63, 3.8) is 0 Å². The van der Waals surface area contributed by atoms with Gasteiger partial charge in [0.05, 0.1) is 6.61 Å². The number of ether oxygens (including phenoxy) is 2. The largest absolute Gasteiger partial charge is 0.493 e. The molecule has 1 aromatic rings. The molecular formula is C17H25ClFNO2. The third-order valence-corrected chi connectivity index (χ3v) is 4.57. The first-order valence-corrected chi connectivity index (χ1v) is 8.03. The third kappa shape index (κ3) is 4.58. The standard InChI is InChI=1S/C17H24FNO2.ClH/c18-17-2-1-15(21-12-13-5-9-20-10-6-13)11-16(17)14-3-7-19-8-4-14;/h1-2,11,13-14,19H,3-10,12H2;1H. The van der Waals surface area contributed by atoms with Crippen molar-refractivity contribution in [2.75, 3.05) is 32.9 Å². The van der Waals surface area contributed by atoms with Gasteiger partial charge in [0.1, 0.15) is 11.6 Å².